The van der Waals surface area contributed by atoms with Crippen molar-refractivity contribution in [3.8, 4) is 0 Å². The Kier molecular flexibility index (Phi) is 3.35. The minimum Gasteiger partial charge on any atom is -0.343 e. The molecular formula is C15H20N2S. The van der Waals surface area contributed by atoms with Crippen LogP contribution in [0.1, 0.15) is 25.0 Å². The summed E-state index contributed by atoms with van der Waals surface area (Å²) in [5.74, 6) is 1.91. The van der Waals surface area contributed by atoms with Crippen molar-refractivity contribution in [3.63, 3.8) is 0 Å². The van der Waals surface area contributed by atoms with Crippen molar-refractivity contribution in [1.29, 1.82) is 0 Å². The lowest BCUT2D eigenvalue weighted by Gasteiger charge is -2.24. The topological polar surface area (TPSA) is 17.0 Å². The van der Waals surface area contributed by atoms with Gasteiger partial charge in [-0.05, 0) is 32.2 Å². The molecular weight excluding hydrogens is 240 g/mol. The number of hydrogen-bond donors (Lipinski definition) is 1. The SMILES string of the molecule is CCn1c2c(c3ccccc31)SCCC2CNC. The maximum absolute atomic E-state index is 3.35. The van der Waals surface area contributed by atoms with Crippen molar-refractivity contribution in [2.75, 3.05) is 19.3 Å². The number of rotatable bonds is 3. The van der Waals surface area contributed by atoms with E-state index in [4.69, 9.17) is 0 Å². The first kappa shape index (κ1) is 12.1. The number of benzene rings is 1. The molecule has 1 aliphatic rings. The van der Waals surface area contributed by atoms with E-state index in [0.717, 1.165) is 13.1 Å². The number of aryl methyl sites for hydroxylation is 1. The zero-order chi connectivity index (χ0) is 12.5. The standard InChI is InChI=1S/C15H20N2S/c1-3-17-13-7-5-4-6-12(13)15-14(17)11(10-16-2)8-9-18-15/h4-7,11,16H,3,8-10H2,1-2H3. The Morgan fingerprint density at radius 1 is 1.39 bits per heavy atom. The molecule has 1 aromatic heterocycles. The van der Waals surface area contributed by atoms with E-state index < -0.39 is 0 Å². The fourth-order valence-electron chi connectivity index (χ4n) is 3.07. The van der Waals surface area contributed by atoms with Gasteiger partial charge in [0.2, 0.25) is 0 Å². The van der Waals surface area contributed by atoms with Crippen molar-refractivity contribution in [3.05, 3.63) is 30.0 Å². The third kappa shape index (κ3) is 1.77. The highest BCUT2D eigenvalue weighted by molar-refractivity contribution is 7.99. The van der Waals surface area contributed by atoms with Gasteiger partial charge in [-0.1, -0.05) is 18.2 Å². The Morgan fingerprint density at radius 2 is 2.22 bits per heavy atom. The molecule has 1 aromatic carbocycles. The Morgan fingerprint density at radius 3 is 3.00 bits per heavy atom. The van der Waals surface area contributed by atoms with Gasteiger partial charge in [-0.25, -0.2) is 0 Å². The lowest BCUT2D eigenvalue weighted by molar-refractivity contribution is 0.553. The molecule has 2 aromatic rings. The third-order valence-electron chi connectivity index (χ3n) is 3.83. The van der Waals surface area contributed by atoms with Gasteiger partial charge < -0.3 is 9.88 Å². The van der Waals surface area contributed by atoms with E-state index in [1.165, 1.54) is 28.0 Å². The largest absolute Gasteiger partial charge is 0.343 e. The van der Waals surface area contributed by atoms with E-state index in [0.29, 0.717) is 5.92 Å². The molecule has 0 saturated heterocycles. The smallest absolute Gasteiger partial charge is 0.0494 e. The normalized spacial score (nSPS) is 19.1. The first-order chi connectivity index (χ1) is 8.86. The maximum Gasteiger partial charge on any atom is 0.0494 e. The fraction of sp³-hybridized carbons (Fsp3) is 0.467. The summed E-state index contributed by atoms with van der Waals surface area (Å²) >= 11 is 2.04. The molecule has 1 aliphatic heterocycles. The molecule has 0 aliphatic carbocycles. The van der Waals surface area contributed by atoms with E-state index in [-0.39, 0.29) is 0 Å². The summed E-state index contributed by atoms with van der Waals surface area (Å²) in [6.45, 7) is 4.41. The molecule has 3 heteroatoms. The molecule has 2 heterocycles. The third-order valence-corrected chi connectivity index (χ3v) is 4.99. The zero-order valence-corrected chi connectivity index (χ0v) is 11.9. The molecule has 0 saturated carbocycles. The van der Waals surface area contributed by atoms with Crippen LogP contribution in [0.4, 0.5) is 0 Å². The van der Waals surface area contributed by atoms with Crippen LogP contribution in [0, 0.1) is 0 Å². The van der Waals surface area contributed by atoms with Crippen molar-refractivity contribution in [2.45, 2.75) is 30.7 Å². The van der Waals surface area contributed by atoms with Gasteiger partial charge in [-0.3, -0.25) is 0 Å². The molecule has 0 spiro atoms. The van der Waals surface area contributed by atoms with E-state index in [1.54, 1.807) is 5.69 Å². The molecule has 1 N–H and O–H groups in total. The summed E-state index contributed by atoms with van der Waals surface area (Å²) in [5, 5.41) is 4.80. The minimum absolute atomic E-state index is 0.665. The summed E-state index contributed by atoms with van der Waals surface area (Å²) in [6, 6.07) is 8.84. The first-order valence-electron chi connectivity index (χ1n) is 6.75. The maximum atomic E-state index is 3.35. The van der Waals surface area contributed by atoms with Gasteiger partial charge in [0.1, 0.15) is 0 Å². The van der Waals surface area contributed by atoms with Crippen LogP contribution >= 0.6 is 11.8 Å². The van der Waals surface area contributed by atoms with Gasteiger partial charge in [0.05, 0.1) is 0 Å². The predicted molar refractivity (Wildman–Crippen MR) is 79.6 cm³/mol. The minimum atomic E-state index is 0.665. The van der Waals surface area contributed by atoms with E-state index in [1.807, 2.05) is 11.8 Å². The summed E-state index contributed by atoms with van der Waals surface area (Å²) in [5.41, 5.74) is 2.96. The van der Waals surface area contributed by atoms with Crippen LogP contribution in [0.2, 0.25) is 0 Å². The molecule has 0 fully saturated rings. The fourth-order valence-corrected chi connectivity index (χ4v) is 4.43. The lowest BCUT2D eigenvalue weighted by atomic mass is 10.0. The predicted octanol–water partition coefficient (Wildman–Crippen LogP) is 3.46. The Hall–Kier alpha value is -0.930. The van der Waals surface area contributed by atoms with E-state index in [2.05, 4.69) is 48.1 Å². The molecule has 0 radical (unpaired) electrons. The van der Waals surface area contributed by atoms with Crippen molar-refractivity contribution in [1.82, 2.24) is 9.88 Å². The van der Waals surface area contributed by atoms with E-state index in [9.17, 15) is 0 Å². The monoisotopic (exact) mass is 260 g/mol. The van der Waals surface area contributed by atoms with E-state index >= 15 is 0 Å². The van der Waals surface area contributed by atoms with Crippen LogP contribution in [-0.2, 0) is 6.54 Å². The van der Waals surface area contributed by atoms with Crippen LogP contribution in [0.5, 0.6) is 0 Å². The highest BCUT2D eigenvalue weighted by atomic mass is 32.2. The van der Waals surface area contributed by atoms with Crippen LogP contribution < -0.4 is 5.32 Å². The second-order valence-corrected chi connectivity index (χ2v) is 5.97. The molecule has 1 atom stereocenters. The second-order valence-electron chi connectivity index (χ2n) is 4.87. The number of para-hydroxylation sites is 1. The lowest BCUT2D eigenvalue weighted by Crippen LogP contribution is -2.22. The Bertz CT molecular complexity index is 526. The molecule has 1 unspecified atom stereocenters. The zero-order valence-electron chi connectivity index (χ0n) is 11.1. The van der Waals surface area contributed by atoms with Gasteiger partial charge in [-0.2, -0.15) is 0 Å². The highest BCUT2D eigenvalue weighted by Crippen LogP contribution is 2.43. The second kappa shape index (κ2) is 4.98. The van der Waals surface area contributed by atoms with Crippen LogP contribution in [0.25, 0.3) is 10.9 Å². The summed E-state index contributed by atoms with van der Waals surface area (Å²) < 4.78 is 2.51. The number of fused-ring (bicyclic) bond motifs is 3. The molecule has 18 heavy (non-hydrogen) atoms. The summed E-state index contributed by atoms with van der Waals surface area (Å²) in [7, 11) is 2.06. The molecule has 3 rings (SSSR count). The number of aromatic nitrogens is 1. The first-order valence-corrected chi connectivity index (χ1v) is 7.74. The van der Waals surface area contributed by atoms with Crippen molar-refractivity contribution < 1.29 is 0 Å². The number of likely N-dealkylation sites (N-methyl/N-ethyl adjacent to an activating group) is 1. The quantitative estimate of drug-likeness (QED) is 0.910. The van der Waals surface area contributed by atoms with Gasteiger partial charge in [0, 0.05) is 40.5 Å². The van der Waals surface area contributed by atoms with Crippen molar-refractivity contribution >= 4 is 22.7 Å². The Balaban J connectivity index is 2.24. The van der Waals surface area contributed by atoms with Crippen LogP contribution in [0.15, 0.2) is 29.2 Å². The van der Waals surface area contributed by atoms with Gasteiger partial charge in [0.15, 0.2) is 0 Å². The van der Waals surface area contributed by atoms with Crippen LogP contribution in [-0.4, -0.2) is 23.9 Å². The van der Waals surface area contributed by atoms with Crippen LogP contribution in [0.3, 0.4) is 0 Å². The molecule has 2 nitrogen and oxygen atoms in total. The number of nitrogens with one attached hydrogen (secondary N) is 1. The number of nitrogens with zero attached hydrogens (tertiary/aromatic N) is 1. The number of hydrogen-bond acceptors (Lipinski definition) is 2. The average Bonchev–Trinajstić information content (AvgIpc) is 2.74. The van der Waals surface area contributed by atoms with Gasteiger partial charge >= 0.3 is 0 Å². The molecule has 0 amide bonds. The highest BCUT2D eigenvalue weighted by Gasteiger charge is 2.26. The van der Waals surface area contributed by atoms with Crippen molar-refractivity contribution in [2.24, 2.45) is 0 Å². The van der Waals surface area contributed by atoms with Gasteiger partial charge in [0.25, 0.3) is 0 Å². The Labute approximate surface area is 113 Å². The summed E-state index contributed by atoms with van der Waals surface area (Å²) in [6.07, 6.45) is 1.29. The molecule has 96 valence electrons. The average molecular weight is 260 g/mol. The summed E-state index contributed by atoms with van der Waals surface area (Å²) in [4.78, 5) is 1.53. The number of thioether (sulfide) groups is 1. The van der Waals surface area contributed by atoms with Gasteiger partial charge in [-0.15, -0.1) is 11.8 Å². The molecule has 0 bridgehead atoms.